The van der Waals surface area contributed by atoms with E-state index in [1.165, 1.54) is 6.92 Å². The van der Waals surface area contributed by atoms with Crippen molar-refractivity contribution in [2.75, 3.05) is 0 Å². The first-order chi connectivity index (χ1) is 9.40. The van der Waals surface area contributed by atoms with Gasteiger partial charge in [0.05, 0.1) is 10.5 Å². The number of hydrogen-bond acceptors (Lipinski definition) is 4. The second kappa shape index (κ2) is 5.16. The van der Waals surface area contributed by atoms with Crippen molar-refractivity contribution in [1.29, 1.82) is 0 Å². The van der Waals surface area contributed by atoms with Crippen LogP contribution in [0.3, 0.4) is 0 Å². The number of carbonyl (C=O) groups excluding carboxylic acids is 1. The maximum atomic E-state index is 13.5. The number of benzene rings is 1. The van der Waals surface area contributed by atoms with Gasteiger partial charge >= 0.3 is 5.69 Å². The fourth-order valence-corrected chi connectivity index (χ4v) is 1.67. The Labute approximate surface area is 111 Å². The van der Waals surface area contributed by atoms with Crippen LogP contribution in [0.4, 0.5) is 14.5 Å². The molecule has 0 spiro atoms. The first kappa shape index (κ1) is 13.8. The van der Waals surface area contributed by atoms with Gasteiger partial charge < -0.3 is 0 Å². The maximum Gasteiger partial charge on any atom is 0.307 e. The second-order valence-electron chi connectivity index (χ2n) is 4.10. The predicted molar refractivity (Wildman–Crippen MR) is 64.3 cm³/mol. The van der Waals surface area contributed by atoms with Crippen molar-refractivity contribution in [2.45, 2.75) is 13.0 Å². The van der Waals surface area contributed by atoms with E-state index in [1.54, 1.807) is 0 Å². The highest BCUT2D eigenvalue weighted by molar-refractivity contribution is 5.98. The monoisotopic (exact) mass is 281 g/mol. The van der Waals surface area contributed by atoms with Gasteiger partial charge in [0.25, 0.3) is 0 Å². The maximum absolute atomic E-state index is 13.5. The lowest BCUT2D eigenvalue weighted by Gasteiger charge is -2.11. The molecule has 1 heterocycles. The Morgan fingerprint density at radius 3 is 2.70 bits per heavy atom. The Bertz CT molecular complexity index is 684. The minimum absolute atomic E-state index is 0.274. The van der Waals surface area contributed by atoms with Gasteiger partial charge in [-0.2, -0.15) is 5.10 Å². The summed E-state index contributed by atoms with van der Waals surface area (Å²) in [6.45, 7) is 1.42. The van der Waals surface area contributed by atoms with Gasteiger partial charge in [-0.25, -0.2) is 8.78 Å². The largest absolute Gasteiger partial charge is 0.307 e. The average molecular weight is 281 g/mol. The highest BCUT2D eigenvalue weighted by Gasteiger charge is 2.23. The van der Waals surface area contributed by atoms with E-state index in [0.29, 0.717) is 6.07 Å². The first-order valence-electron chi connectivity index (χ1n) is 5.58. The molecule has 6 nitrogen and oxygen atoms in total. The molecule has 104 valence electrons. The van der Waals surface area contributed by atoms with Crippen LogP contribution in [0, 0.1) is 21.7 Å². The van der Waals surface area contributed by atoms with Gasteiger partial charge in [0.2, 0.25) is 0 Å². The molecule has 2 rings (SSSR count). The van der Waals surface area contributed by atoms with Crippen LogP contribution in [0.2, 0.25) is 0 Å². The summed E-state index contributed by atoms with van der Waals surface area (Å²) < 4.78 is 27.4. The zero-order valence-electron chi connectivity index (χ0n) is 10.3. The number of halogens is 2. The van der Waals surface area contributed by atoms with Crippen molar-refractivity contribution in [1.82, 2.24) is 9.78 Å². The lowest BCUT2D eigenvalue weighted by atomic mass is 10.0. The van der Waals surface area contributed by atoms with Crippen LogP contribution in [0.1, 0.15) is 23.3 Å². The number of carbonyl (C=O) groups is 1. The van der Waals surface area contributed by atoms with E-state index in [4.69, 9.17) is 0 Å². The molecule has 0 aliphatic rings. The predicted octanol–water partition coefficient (Wildman–Crippen LogP) is 2.51. The molecule has 20 heavy (non-hydrogen) atoms. The number of ketones is 1. The Balaban J connectivity index is 2.29. The minimum atomic E-state index is -0.983. The molecule has 1 aromatic heterocycles. The van der Waals surface area contributed by atoms with E-state index in [0.717, 1.165) is 29.2 Å². The van der Waals surface area contributed by atoms with E-state index in [1.807, 2.05) is 0 Å². The van der Waals surface area contributed by atoms with Crippen LogP contribution >= 0.6 is 0 Å². The molecule has 0 saturated carbocycles. The molecule has 8 heteroatoms. The summed E-state index contributed by atoms with van der Waals surface area (Å²) in [5.74, 6) is -2.43. The SMILES string of the molecule is CC(C(=O)c1ccc(F)cc1F)n1cc([N+](=O)[O-])cn1. The fraction of sp³-hybridized carbons (Fsp3) is 0.167. The zero-order valence-corrected chi connectivity index (χ0v) is 10.3. The molecule has 1 aromatic carbocycles. The molecular weight excluding hydrogens is 272 g/mol. The van der Waals surface area contributed by atoms with Gasteiger partial charge in [0, 0.05) is 6.07 Å². The molecule has 0 aliphatic carbocycles. The van der Waals surface area contributed by atoms with Gasteiger partial charge in [-0.05, 0) is 19.1 Å². The smallest absolute Gasteiger partial charge is 0.292 e. The van der Waals surface area contributed by atoms with Crippen LogP contribution < -0.4 is 0 Å². The quantitative estimate of drug-likeness (QED) is 0.490. The van der Waals surface area contributed by atoms with E-state index >= 15 is 0 Å². The molecule has 0 bridgehead atoms. The summed E-state index contributed by atoms with van der Waals surface area (Å²) in [6, 6.07) is 1.66. The van der Waals surface area contributed by atoms with Gasteiger partial charge in [0.15, 0.2) is 5.78 Å². The van der Waals surface area contributed by atoms with Crippen molar-refractivity contribution >= 4 is 11.5 Å². The third-order valence-electron chi connectivity index (χ3n) is 2.77. The highest BCUT2D eigenvalue weighted by Crippen LogP contribution is 2.19. The van der Waals surface area contributed by atoms with Crippen molar-refractivity contribution in [3.05, 3.63) is 57.9 Å². The third-order valence-corrected chi connectivity index (χ3v) is 2.77. The number of Topliss-reactive ketones (excluding diaryl/α,β-unsaturated/α-hetero) is 1. The summed E-state index contributed by atoms with van der Waals surface area (Å²) in [5.41, 5.74) is -0.568. The Morgan fingerprint density at radius 1 is 1.45 bits per heavy atom. The number of aromatic nitrogens is 2. The topological polar surface area (TPSA) is 78.0 Å². The fourth-order valence-electron chi connectivity index (χ4n) is 1.67. The third kappa shape index (κ3) is 2.53. The van der Waals surface area contributed by atoms with Crippen LogP contribution in [0.5, 0.6) is 0 Å². The van der Waals surface area contributed by atoms with Gasteiger partial charge in [-0.3, -0.25) is 19.6 Å². The molecule has 1 atom stereocenters. The van der Waals surface area contributed by atoms with Gasteiger partial charge in [-0.1, -0.05) is 0 Å². The van der Waals surface area contributed by atoms with Crippen molar-refractivity contribution in [2.24, 2.45) is 0 Å². The summed E-state index contributed by atoms with van der Waals surface area (Å²) in [6.07, 6.45) is 2.06. The molecule has 0 radical (unpaired) electrons. The molecule has 0 saturated heterocycles. The Morgan fingerprint density at radius 2 is 2.15 bits per heavy atom. The molecule has 2 aromatic rings. The van der Waals surface area contributed by atoms with Gasteiger partial charge in [0.1, 0.15) is 30.1 Å². The summed E-state index contributed by atoms with van der Waals surface area (Å²) >= 11 is 0. The summed E-state index contributed by atoms with van der Waals surface area (Å²) in [7, 11) is 0. The summed E-state index contributed by atoms with van der Waals surface area (Å²) in [5, 5.41) is 14.2. The molecule has 1 unspecified atom stereocenters. The molecule has 0 aliphatic heterocycles. The van der Waals surface area contributed by atoms with Crippen LogP contribution in [-0.4, -0.2) is 20.5 Å². The number of rotatable bonds is 4. The standard InChI is InChI=1S/C12H9F2N3O3/c1-7(16-6-9(5-15-16)17(19)20)12(18)10-3-2-8(13)4-11(10)14/h2-7H,1H3. The van der Waals surface area contributed by atoms with Crippen molar-refractivity contribution in [3.8, 4) is 0 Å². The molecular formula is C12H9F2N3O3. The average Bonchev–Trinajstić information content (AvgIpc) is 2.87. The second-order valence-corrected chi connectivity index (χ2v) is 4.10. The van der Waals surface area contributed by atoms with E-state index < -0.39 is 28.4 Å². The lowest BCUT2D eigenvalue weighted by Crippen LogP contribution is -2.18. The molecule has 0 fully saturated rings. The Hall–Kier alpha value is -2.64. The molecule has 0 amide bonds. The minimum Gasteiger partial charge on any atom is -0.292 e. The van der Waals surface area contributed by atoms with Crippen LogP contribution in [0.25, 0.3) is 0 Å². The zero-order chi connectivity index (χ0) is 14.9. The van der Waals surface area contributed by atoms with Crippen molar-refractivity contribution in [3.63, 3.8) is 0 Å². The first-order valence-corrected chi connectivity index (χ1v) is 5.58. The van der Waals surface area contributed by atoms with E-state index in [-0.39, 0.29) is 11.3 Å². The number of hydrogen-bond donors (Lipinski definition) is 0. The van der Waals surface area contributed by atoms with Crippen molar-refractivity contribution < 1.29 is 18.5 Å². The van der Waals surface area contributed by atoms with Crippen LogP contribution in [-0.2, 0) is 0 Å². The summed E-state index contributed by atoms with van der Waals surface area (Å²) in [4.78, 5) is 21.9. The van der Waals surface area contributed by atoms with E-state index in [2.05, 4.69) is 5.10 Å². The Kier molecular flexibility index (Phi) is 3.55. The van der Waals surface area contributed by atoms with E-state index in [9.17, 15) is 23.7 Å². The number of nitrogens with zero attached hydrogens (tertiary/aromatic N) is 3. The normalized spacial score (nSPS) is 12.2. The van der Waals surface area contributed by atoms with Crippen LogP contribution in [0.15, 0.2) is 30.6 Å². The number of nitro groups is 1. The lowest BCUT2D eigenvalue weighted by molar-refractivity contribution is -0.385. The highest BCUT2D eigenvalue weighted by atomic mass is 19.1. The van der Waals surface area contributed by atoms with Gasteiger partial charge in [-0.15, -0.1) is 0 Å². The molecule has 0 N–H and O–H groups in total.